The Morgan fingerprint density at radius 2 is 1.72 bits per heavy atom. The van der Waals surface area contributed by atoms with E-state index >= 15 is 0 Å². The lowest BCUT2D eigenvalue weighted by Gasteiger charge is -2.54. The second kappa shape index (κ2) is 9.99. The molecule has 9 nitrogen and oxygen atoms in total. The first-order chi connectivity index (χ1) is 20.3. The first kappa shape index (κ1) is 28.5. The number of fused-ring (bicyclic) bond motifs is 3. The number of aromatic nitrogens is 4. The summed E-state index contributed by atoms with van der Waals surface area (Å²) in [6.45, 7) is 3.94. The largest absolute Gasteiger partial charge is 0.468 e. The van der Waals surface area contributed by atoms with Crippen LogP contribution in [0.25, 0.3) is 28.1 Å². The molecule has 0 unspecified atom stereocenters. The van der Waals surface area contributed by atoms with E-state index in [1.54, 1.807) is 11.0 Å². The van der Waals surface area contributed by atoms with Crippen molar-refractivity contribution in [1.29, 1.82) is 0 Å². The molecular weight excluding hydrogens is 563 g/mol. The van der Waals surface area contributed by atoms with Crippen LogP contribution in [-0.2, 0) is 18.7 Å². The predicted molar refractivity (Wildman–Crippen MR) is 152 cm³/mol. The summed E-state index contributed by atoms with van der Waals surface area (Å²) >= 11 is 0. The van der Waals surface area contributed by atoms with Crippen LogP contribution >= 0.6 is 0 Å². The molecule has 2 aliphatic rings. The molecule has 4 aromatic rings. The molecule has 12 heteroatoms. The van der Waals surface area contributed by atoms with E-state index in [4.69, 9.17) is 9.72 Å². The van der Waals surface area contributed by atoms with Gasteiger partial charge in [0.25, 0.3) is 0 Å². The fourth-order valence-electron chi connectivity index (χ4n) is 6.21. The highest BCUT2D eigenvalue weighted by Crippen LogP contribution is 2.50. The van der Waals surface area contributed by atoms with Gasteiger partial charge >= 0.3 is 18.0 Å². The van der Waals surface area contributed by atoms with E-state index in [0.717, 1.165) is 40.5 Å². The highest BCUT2D eigenvalue weighted by Gasteiger charge is 2.50. The molecule has 0 bridgehead atoms. The molecule has 43 heavy (non-hydrogen) atoms. The second-order valence-corrected chi connectivity index (χ2v) is 11.9. The van der Waals surface area contributed by atoms with Gasteiger partial charge in [0.1, 0.15) is 12.2 Å². The summed E-state index contributed by atoms with van der Waals surface area (Å²) in [5, 5.41) is 14.0. The van der Waals surface area contributed by atoms with Crippen LogP contribution in [0.1, 0.15) is 51.4 Å². The second-order valence-electron chi connectivity index (χ2n) is 11.9. The van der Waals surface area contributed by atoms with Crippen LogP contribution in [0, 0.1) is 0 Å². The first-order valence-electron chi connectivity index (χ1n) is 13.9. The minimum Gasteiger partial charge on any atom is -0.468 e. The van der Waals surface area contributed by atoms with Gasteiger partial charge in [-0.1, -0.05) is 54.6 Å². The number of carboxylic acid groups (broad SMARTS) is 1. The SMILES string of the molecule is CC(C)(C)N(C(=O)O)C1(c2ccc(-c3nc4c(cc3-c3ccccc3)-n3c(nn(CC(F)(F)F)c3=O)CO4)cc2)CCC1. The Morgan fingerprint density at radius 3 is 2.28 bits per heavy atom. The van der Waals surface area contributed by atoms with Gasteiger partial charge in [0.15, 0.2) is 12.4 Å². The smallest absolute Gasteiger partial charge is 0.408 e. The number of pyridine rings is 1. The maximum absolute atomic E-state index is 13.1. The monoisotopic (exact) mass is 593 g/mol. The van der Waals surface area contributed by atoms with Crippen molar-refractivity contribution < 1.29 is 27.8 Å². The fraction of sp³-hybridized carbons (Fsp3) is 0.355. The zero-order valence-corrected chi connectivity index (χ0v) is 23.9. The standard InChI is InChI=1S/C31H30F3N5O4/c1-29(2,3)39(28(41)42)30(14-7-15-30)21-12-10-20(11-13-21)25-22(19-8-5-4-6-9-19)16-23-26(35-25)43-17-24-36-37(18-31(32,33)34)27(40)38(23)24/h4-6,8-13,16H,7,14-15,17-18H2,1-3H3,(H,41,42). The lowest BCUT2D eigenvalue weighted by Crippen LogP contribution is -2.60. The molecule has 0 saturated heterocycles. The summed E-state index contributed by atoms with van der Waals surface area (Å²) in [7, 11) is 0. The zero-order chi connectivity index (χ0) is 30.7. The molecule has 2 aromatic carbocycles. The van der Waals surface area contributed by atoms with E-state index in [0.29, 0.717) is 15.9 Å². The minimum absolute atomic E-state index is 0.0484. The maximum Gasteiger partial charge on any atom is 0.408 e. The minimum atomic E-state index is -4.62. The number of hydrogen-bond acceptors (Lipinski definition) is 5. The summed E-state index contributed by atoms with van der Waals surface area (Å²) < 4.78 is 46.6. The molecule has 1 amide bonds. The van der Waals surface area contributed by atoms with Gasteiger partial charge in [-0.2, -0.15) is 18.3 Å². The third-order valence-electron chi connectivity index (χ3n) is 8.03. The number of ether oxygens (including phenoxy) is 1. The summed E-state index contributed by atoms with van der Waals surface area (Å²) in [5.74, 6) is 0.146. The molecule has 1 aliphatic heterocycles. The Kier molecular flexibility index (Phi) is 6.62. The number of benzene rings is 2. The Labute approximate surface area is 245 Å². The molecule has 0 radical (unpaired) electrons. The third kappa shape index (κ3) is 4.94. The topological polar surface area (TPSA) is 102 Å². The molecule has 1 N–H and O–H groups in total. The average molecular weight is 594 g/mol. The van der Waals surface area contributed by atoms with E-state index in [1.807, 2.05) is 75.4 Å². The van der Waals surface area contributed by atoms with Gasteiger partial charge in [-0.05, 0) is 57.2 Å². The predicted octanol–water partition coefficient (Wildman–Crippen LogP) is 6.38. The van der Waals surface area contributed by atoms with Gasteiger partial charge in [0.2, 0.25) is 5.88 Å². The van der Waals surface area contributed by atoms with E-state index < -0.39 is 35.6 Å². The van der Waals surface area contributed by atoms with Crippen LogP contribution < -0.4 is 10.4 Å². The molecule has 1 aliphatic carbocycles. The lowest BCUT2D eigenvalue weighted by atomic mass is 9.69. The number of rotatable bonds is 5. The van der Waals surface area contributed by atoms with Crippen LogP contribution in [0.3, 0.4) is 0 Å². The van der Waals surface area contributed by atoms with Crippen molar-refractivity contribution in [2.24, 2.45) is 0 Å². The first-order valence-corrected chi connectivity index (χ1v) is 13.9. The van der Waals surface area contributed by atoms with Gasteiger partial charge in [-0.3, -0.25) is 4.90 Å². The van der Waals surface area contributed by atoms with Gasteiger partial charge in [0.05, 0.1) is 11.2 Å². The van der Waals surface area contributed by atoms with Crippen molar-refractivity contribution in [2.75, 3.05) is 0 Å². The van der Waals surface area contributed by atoms with E-state index in [9.17, 15) is 27.9 Å². The Morgan fingerprint density at radius 1 is 1.05 bits per heavy atom. The van der Waals surface area contributed by atoms with Crippen molar-refractivity contribution in [1.82, 2.24) is 24.2 Å². The summed E-state index contributed by atoms with van der Waals surface area (Å²) in [5.41, 5.74) is 1.62. The van der Waals surface area contributed by atoms with Crippen LogP contribution in [0.4, 0.5) is 18.0 Å². The quantitative estimate of drug-likeness (QED) is 0.288. The highest BCUT2D eigenvalue weighted by atomic mass is 19.4. The summed E-state index contributed by atoms with van der Waals surface area (Å²) in [4.78, 5) is 31.7. The van der Waals surface area contributed by atoms with Gasteiger partial charge in [0, 0.05) is 16.7 Å². The molecule has 1 fully saturated rings. The molecule has 3 heterocycles. The highest BCUT2D eigenvalue weighted by molar-refractivity contribution is 5.83. The normalized spacial score (nSPS) is 15.6. The number of alkyl halides is 3. The maximum atomic E-state index is 13.1. The van der Waals surface area contributed by atoms with Crippen LogP contribution in [0.2, 0.25) is 0 Å². The number of nitrogens with zero attached hydrogens (tertiary/aromatic N) is 5. The van der Waals surface area contributed by atoms with Crippen molar-refractivity contribution in [3.8, 4) is 34.0 Å². The Balaban J connectivity index is 1.47. The summed E-state index contributed by atoms with van der Waals surface area (Å²) in [6, 6.07) is 18.6. The molecule has 1 saturated carbocycles. The molecule has 0 spiro atoms. The van der Waals surface area contributed by atoms with Crippen molar-refractivity contribution in [2.45, 2.75) is 70.4 Å². The lowest BCUT2D eigenvalue weighted by molar-refractivity contribution is -0.143. The number of amides is 1. The summed E-state index contributed by atoms with van der Waals surface area (Å²) in [6.07, 6.45) is -3.23. The number of halogens is 3. The molecule has 6 rings (SSSR count). The zero-order valence-electron chi connectivity index (χ0n) is 23.9. The molecular formula is C31H30F3N5O4. The Hall–Kier alpha value is -4.61. The third-order valence-corrected chi connectivity index (χ3v) is 8.03. The van der Waals surface area contributed by atoms with Crippen molar-refractivity contribution >= 4 is 6.09 Å². The van der Waals surface area contributed by atoms with Crippen molar-refractivity contribution in [3.63, 3.8) is 0 Å². The van der Waals surface area contributed by atoms with Gasteiger partial charge < -0.3 is 9.84 Å². The molecule has 224 valence electrons. The van der Waals surface area contributed by atoms with Gasteiger partial charge in [-0.15, -0.1) is 0 Å². The average Bonchev–Trinajstić information content (AvgIpc) is 3.23. The number of carbonyl (C=O) groups is 1. The van der Waals surface area contributed by atoms with E-state index in [2.05, 4.69) is 5.10 Å². The molecule has 0 atom stereocenters. The Bertz CT molecular complexity index is 1750. The van der Waals surface area contributed by atoms with E-state index in [1.165, 1.54) is 0 Å². The van der Waals surface area contributed by atoms with E-state index in [-0.39, 0.29) is 24.0 Å². The van der Waals surface area contributed by atoms with Crippen molar-refractivity contribution in [3.05, 3.63) is 82.5 Å². The van der Waals surface area contributed by atoms with Gasteiger partial charge in [-0.25, -0.2) is 23.8 Å². The fourth-order valence-corrected chi connectivity index (χ4v) is 6.21. The molecule has 2 aromatic heterocycles. The van der Waals surface area contributed by atoms with Crippen LogP contribution in [0.5, 0.6) is 5.88 Å². The van der Waals surface area contributed by atoms with Crippen LogP contribution in [0.15, 0.2) is 65.5 Å². The van der Waals surface area contributed by atoms with Crippen LogP contribution in [-0.4, -0.2) is 47.1 Å². The number of hydrogen-bond donors (Lipinski definition) is 1.